The van der Waals surface area contributed by atoms with Crippen LogP contribution in [0.15, 0.2) is 36.4 Å². The lowest BCUT2D eigenvalue weighted by atomic mass is 10.1. The Morgan fingerprint density at radius 1 is 0.964 bits per heavy atom. The number of hydrogen-bond donors (Lipinski definition) is 2. The van der Waals surface area contributed by atoms with Crippen LogP contribution in [0.2, 0.25) is 0 Å². The van der Waals surface area contributed by atoms with Crippen molar-refractivity contribution < 1.29 is 28.5 Å². The summed E-state index contributed by atoms with van der Waals surface area (Å²) in [4.78, 5) is 24.0. The van der Waals surface area contributed by atoms with Crippen molar-refractivity contribution in [3.05, 3.63) is 47.5 Å². The predicted octanol–water partition coefficient (Wildman–Crippen LogP) is 3.21. The summed E-state index contributed by atoms with van der Waals surface area (Å²) < 4.78 is 20.7. The van der Waals surface area contributed by atoms with E-state index < -0.39 is 6.09 Å². The van der Waals surface area contributed by atoms with Crippen molar-refractivity contribution in [2.24, 2.45) is 0 Å². The van der Waals surface area contributed by atoms with Crippen LogP contribution >= 0.6 is 0 Å². The lowest BCUT2D eigenvalue weighted by Gasteiger charge is -2.14. The van der Waals surface area contributed by atoms with Crippen molar-refractivity contribution in [1.29, 1.82) is 0 Å². The molecule has 2 amide bonds. The molecule has 2 aromatic carbocycles. The monoisotopic (exact) mass is 388 g/mol. The minimum Gasteiger partial charge on any atom is -0.493 e. The van der Waals surface area contributed by atoms with Crippen molar-refractivity contribution in [2.75, 3.05) is 33.3 Å². The van der Waals surface area contributed by atoms with Gasteiger partial charge in [0, 0.05) is 17.8 Å². The van der Waals surface area contributed by atoms with Crippen molar-refractivity contribution in [3.63, 3.8) is 0 Å². The molecule has 0 unspecified atom stereocenters. The van der Waals surface area contributed by atoms with Crippen molar-refractivity contribution in [2.45, 2.75) is 13.5 Å². The lowest BCUT2D eigenvalue weighted by molar-refractivity contribution is 0.0950. The number of anilines is 1. The van der Waals surface area contributed by atoms with Gasteiger partial charge < -0.3 is 24.3 Å². The number of rotatable bonds is 8. The van der Waals surface area contributed by atoms with Crippen LogP contribution in [0.5, 0.6) is 17.2 Å². The van der Waals surface area contributed by atoms with E-state index in [0.717, 1.165) is 5.56 Å². The highest BCUT2D eigenvalue weighted by molar-refractivity contribution is 5.96. The Balaban J connectivity index is 2.09. The summed E-state index contributed by atoms with van der Waals surface area (Å²) in [6.07, 6.45) is -0.572. The molecular formula is C20H24N2O6. The van der Waals surface area contributed by atoms with Gasteiger partial charge in [-0.05, 0) is 42.8 Å². The Morgan fingerprint density at radius 3 is 2.21 bits per heavy atom. The average Bonchev–Trinajstić information content (AvgIpc) is 2.71. The SMILES string of the molecule is CCOC(=O)Nc1cccc(C(=O)NCc2cc(OC)c(OC)c(OC)c2)c1. The fourth-order valence-electron chi connectivity index (χ4n) is 2.55. The Kier molecular flexibility index (Phi) is 7.50. The first kappa shape index (κ1) is 20.9. The molecule has 0 aliphatic heterocycles. The highest BCUT2D eigenvalue weighted by Crippen LogP contribution is 2.38. The number of ether oxygens (including phenoxy) is 4. The molecule has 0 saturated carbocycles. The maximum absolute atomic E-state index is 12.5. The normalized spacial score (nSPS) is 10.0. The topological polar surface area (TPSA) is 95.1 Å². The Morgan fingerprint density at radius 2 is 1.64 bits per heavy atom. The molecule has 0 bridgehead atoms. The summed E-state index contributed by atoms with van der Waals surface area (Å²) in [6.45, 7) is 2.23. The van der Waals surface area contributed by atoms with Crippen molar-refractivity contribution >= 4 is 17.7 Å². The van der Waals surface area contributed by atoms with Gasteiger partial charge in [0.15, 0.2) is 11.5 Å². The van der Waals surface area contributed by atoms with Gasteiger partial charge >= 0.3 is 6.09 Å². The molecule has 0 aliphatic rings. The van der Waals surface area contributed by atoms with E-state index in [2.05, 4.69) is 10.6 Å². The largest absolute Gasteiger partial charge is 0.493 e. The molecule has 0 radical (unpaired) electrons. The molecule has 0 spiro atoms. The summed E-state index contributed by atoms with van der Waals surface area (Å²) in [5, 5.41) is 5.39. The van der Waals surface area contributed by atoms with E-state index in [9.17, 15) is 9.59 Å². The zero-order chi connectivity index (χ0) is 20.5. The predicted molar refractivity (Wildman–Crippen MR) is 104 cm³/mol. The number of hydrogen-bond acceptors (Lipinski definition) is 6. The van der Waals surface area contributed by atoms with Gasteiger partial charge in [-0.25, -0.2) is 4.79 Å². The summed E-state index contributed by atoms with van der Waals surface area (Å²) >= 11 is 0. The van der Waals surface area contributed by atoms with Gasteiger partial charge in [-0.15, -0.1) is 0 Å². The van der Waals surface area contributed by atoms with Crippen LogP contribution in [-0.4, -0.2) is 39.9 Å². The molecule has 2 rings (SSSR count). The maximum atomic E-state index is 12.5. The van der Waals surface area contributed by atoms with Crippen LogP contribution in [0.25, 0.3) is 0 Å². The van der Waals surface area contributed by atoms with E-state index >= 15 is 0 Å². The van der Waals surface area contributed by atoms with E-state index in [1.165, 1.54) is 21.3 Å². The maximum Gasteiger partial charge on any atom is 0.411 e. The fourth-order valence-corrected chi connectivity index (χ4v) is 2.55. The Labute approximate surface area is 163 Å². The third kappa shape index (κ3) is 5.29. The quantitative estimate of drug-likeness (QED) is 0.721. The van der Waals surface area contributed by atoms with Gasteiger partial charge in [-0.1, -0.05) is 6.07 Å². The van der Waals surface area contributed by atoms with E-state index in [-0.39, 0.29) is 19.1 Å². The van der Waals surface area contributed by atoms with Gasteiger partial charge in [0.2, 0.25) is 5.75 Å². The standard InChI is InChI=1S/C20H24N2O6/c1-5-28-20(24)22-15-8-6-7-14(11-15)19(23)21-12-13-9-16(25-2)18(27-4)17(10-13)26-3/h6-11H,5,12H2,1-4H3,(H,21,23)(H,22,24). The van der Waals surface area contributed by atoms with E-state index in [1.807, 2.05) is 0 Å². The summed E-state index contributed by atoms with van der Waals surface area (Å²) in [5.41, 5.74) is 1.66. The van der Waals surface area contributed by atoms with Crippen LogP contribution in [0.3, 0.4) is 0 Å². The number of amides is 2. The molecule has 28 heavy (non-hydrogen) atoms. The van der Waals surface area contributed by atoms with E-state index in [0.29, 0.717) is 28.5 Å². The highest BCUT2D eigenvalue weighted by Gasteiger charge is 2.14. The first-order valence-corrected chi connectivity index (χ1v) is 8.63. The molecule has 150 valence electrons. The zero-order valence-electron chi connectivity index (χ0n) is 16.3. The molecular weight excluding hydrogens is 364 g/mol. The first-order valence-electron chi connectivity index (χ1n) is 8.63. The second-order valence-electron chi connectivity index (χ2n) is 5.64. The number of carbonyl (C=O) groups is 2. The number of methoxy groups -OCH3 is 3. The molecule has 0 saturated heterocycles. The third-order valence-electron chi connectivity index (χ3n) is 3.82. The molecule has 0 aromatic heterocycles. The second kappa shape index (κ2) is 10.1. The minimum absolute atomic E-state index is 0.255. The second-order valence-corrected chi connectivity index (χ2v) is 5.64. The minimum atomic E-state index is -0.572. The average molecular weight is 388 g/mol. The van der Waals surface area contributed by atoms with Gasteiger partial charge in [-0.3, -0.25) is 10.1 Å². The molecule has 8 nitrogen and oxygen atoms in total. The molecule has 2 aromatic rings. The third-order valence-corrected chi connectivity index (χ3v) is 3.82. The number of benzene rings is 2. The van der Waals surface area contributed by atoms with Crippen LogP contribution in [0.1, 0.15) is 22.8 Å². The van der Waals surface area contributed by atoms with E-state index in [4.69, 9.17) is 18.9 Å². The lowest BCUT2D eigenvalue weighted by Crippen LogP contribution is -2.23. The smallest absolute Gasteiger partial charge is 0.411 e. The zero-order valence-corrected chi connectivity index (χ0v) is 16.3. The fraction of sp³-hybridized carbons (Fsp3) is 0.300. The van der Waals surface area contributed by atoms with Gasteiger partial charge in [-0.2, -0.15) is 0 Å². The molecule has 8 heteroatoms. The highest BCUT2D eigenvalue weighted by atomic mass is 16.5. The Hall–Kier alpha value is -3.42. The van der Waals surface area contributed by atoms with Gasteiger partial charge in [0.1, 0.15) is 0 Å². The van der Waals surface area contributed by atoms with Gasteiger partial charge in [0.05, 0.1) is 27.9 Å². The molecule has 0 heterocycles. The van der Waals surface area contributed by atoms with Crippen LogP contribution in [0, 0.1) is 0 Å². The van der Waals surface area contributed by atoms with E-state index in [1.54, 1.807) is 43.3 Å². The van der Waals surface area contributed by atoms with Crippen LogP contribution < -0.4 is 24.8 Å². The summed E-state index contributed by atoms with van der Waals surface area (Å²) in [7, 11) is 4.59. The van der Waals surface area contributed by atoms with Crippen molar-refractivity contribution in [3.8, 4) is 17.2 Å². The first-order chi connectivity index (χ1) is 13.5. The van der Waals surface area contributed by atoms with Crippen LogP contribution in [-0.2, 0) is 11.3 Å². The number of nitrogens with one attached hydrogen (secondary N) is 2. The molecule has 2 N–H and O–H groups in total. The number of carbonyl (C=O) groups excluding carboxylic acids is 2. The van der Waals surface area contributed by atoms with Crippen LogP contribution in [0.4, 0.5) is 10.5 Å². The molecule has 0 fully saturated rings. The van der Waals surface area contributed by atoms with Crippen molar-refractivity contribution in [1.82, 2.24) is 5.32 Å². The summed E-state index contributed by atoms with van der Waals surface area (Å²) in [5.74, 6) is 1.21. The molecule has 0 aliphatic carbocycles. The summed E-state index contributed by atoms with van der Waals surface area (Å²) in [6, 6.07) is 10.1. The van der Waals surface area contributed by atoms with Gasteiger partial charge in [0.25, 0.3) is 5.91 Å². The Bertz CT molecular complexity index is 812. The molecule has 0 atom stereocenters.